The highest BCUT2D eigenvalue weighted by Gasteiger charge is 2.24. The zero-order chi connectivity index (χ0) is 22.2. The maximum absolute atomic E-state index is 13.1. The van der Waals surface area contributed by atoms with E-state index in [-0.39, 0.29) is 11.8 Å². The molecule has 5 rings (SSSR count). The molecule has 4 aromatic rings. The van der Waals surface area contributed by atoms with Gasteiger partial charge in [0.2, 0.25) is 0 Å². The SMILES string of the molecule is Cc1nn(C)cc1-c1cc2ncnc(N3CCN(C(=O)Nc4ccc(F)cc4)CC3)c2s1. The third-order valence-corrected chi connectivity index (χ3v) is 6.69. The van der Waals surface area contributed by atoms with Crippen LogP contribution in [0.4, 0.5) is 20.7 Å². The smallest absolute Gasteiger partial charge is 0.321 e. The van der Waals surface area contributed by atoms with Gasteiger partial charge in [-0.2, -0.15) is 5.10 Å². The fourth-order valence-corrected chi connectivity index (χ4v) is 5.09. The van der Waals surface area contributed by atoms with Crippen molar-refractivity contribution in [2.24, 2.45) is 7.05 Å². The van der Waals surface area contributed by atoms with Crippen LogP contribution in [-0.4, -0.2) is 56.9 Å². The summed E-state index contributed by atoms with van der Waals surface area (Å²) in [5.41, 5.74) is 3.57. The number of halogens is 1. The highest BCUT2D eigenvalue weighted by molar-refractivity contribution is 7.22. The number of nitrogens with one attached hydrogen (secondary N) is 1. The summed E-state index contributed by atoms with van der Waals surface area (Å²) in [6.07, 6.45) is 3.61. The Bertz CT molecular complexity index is 1280. The number of aryl methyl sites for hydroxylation is 2. The minimum absolute atomic E-state index is 0.186. The molecule has 8 nitrogen and oxygen atoms in total. The van der Waals surface area contributed by atoms with Crippen molar-refractivity contribution in [1.82, 2.24) is 24.6 Å². The number of nitrogens with zero attached hydrogens (tertiary/aromatic N) is 6. The van der Waals surface area contributed by atoms with Crippen LogP contribution in [0.15, 0.2) is 42.9 Å². The third kappa shape index (κ3) is 3.89. The third-order valence-electron chi connectivity index (χ3n) is 5.53. The minimum Gasteiger partial charge on any atom is -0.352 e. The average Bonchev–Trinajstić information content (AvgIpc) is 3.37. The molecule has 1 aliphatic heterocycles. The van der Waals surface area contributed by atoms with Crippen LogP contribution in [0.2, 0.25) is 0 Å². The van der Waals surface area contributed by atoms with E-state index in [1.807, 2.05) is 24.9 Å². The number of anilines is 2. The molecule has 0 aliphatic carbocycles. The maximum atomic E-state index is 13.1. The van der Waals surface area contributed by atoms with Crippen molar-refractivity contribution in [2.75, 3.05) is 36.4 Å². The Morgan fingerprint density at radius 3 is 2.56 bits per heavy atom. The number of hydrogen-bond acceptors (Lipinski definition) is 6. The summed E-state index contributed by atoms with van der Waals surface area (Å²) in [7, 11) is 1.92. The first-order valence-corrected chi connectivity index (χ1v) is 11.1. The van der Waals surface area contributed by atoms with Gasteiger partial charge < -0.3 is 15.1 Å². The van der Waals surface area contributed by atoms with E-state index in [9.17, 15) is 9.18 Å². The molecule has 1 aliphatic rings. The number of rotatable bonds is 3. The molecule has 10 heteroatoms. The quantitative estimate of drug-likeness (QED) is 0.511. The van der Waals surface area contributed by atoms with Crippen molar-refractivity contribution in [3.63, 3.8) is 0 Å². The van der Waals surface area contributed by atoms with Crippen LogP contribution >= 0.6 is 11.3 Å². The molecular formula is C22H22FN7OS. The zero-order valence-corrected chi connectivity index (χ0v) is 18.6. The van der Waals surface area contributed by atoms with Crippen molar-refractivity contribution in [3.05, 3.63) is 54.4 Å². The summed E-state index contributed by atoms with van der Waals surface area (Å²) in [6.45, 7) is 4.48. The van der Waals surface area contributed by atoms with Crippen molar-refractivity contribution in [2.45, 2.75) is 6.92 Å². The lowest BCUT2D eigenvalue weighted by Crippen LogP contribution is -2.50. The predicted molar refractivity (Wildman–Crippen MR) is 124 cm³/mol. The Morgan fingerprint density at radius 1 is 1.12 bits per heavy atom. The van der Waals surface area contributed by atoms with Gasteiger partial charge in [0, 0.05) is 55.6 Å². The van der Waals surface area contributed by atoms with Gasteiger partial charge in [-0.25, -0.2) is 19.2 Å². The molecule has 0 radical (unpaired) electrons. The normalized spacial score (nSPS) is 14.2. The van der Waals surface area contributed by atoms with E-state index >= 15 is 0 Å². The van der Waals surface area contributed by atoms with Gasteiger partial charge in [0.1, 0.15) is 18.0 Å². The molecule has 4 heterocycles. The molecule has 3 aromatic heterocycles. The Balaban J connectivity index is 1.31. The molecule has 0 atom stereocenters. The Morgan fingerprint density at radius 2 is 1.88 bits per heavy atom. The van der Waals surface area contributed by atoms with Crippen LogP contribution in [0.1, 0.15) is 5.69 Å². The molecule has 1 saturated heterocycles. The van der Waals surface area contributed by atoms with Gasteiger partial charge in [-0.05, 0) is 37.3 Å². The fraction of sp³-hybridized carbons (Fsp3) is 0.273. The molecule has 1 aromatic carbocycles. The van der Waals surface area contributed by atoms with E-state index in [1.54, 1.807) is 34.7 Å². The molecular weight excluding hydrogens is 429 g/mol. The number of urea groups is 1. The fourth-order valence-electron chi connectivity index (χ4n) is 3.90. The summed E-state index contributed by atoms with van der Waals surface area (Å²) in [5, 5.41) is 7.27. The first-order chi connectivity index (χ1) is 15.5. The van der Waals surface area contributed by atoms with Crippen molar-refractivity contribution < 1.29 is 9.18 Å². The van der Waals surface area contributed by atoms with Crippen molar-refractivity contribution in [1.29, 1.82) is 0 Å². The van der Waals surface area contributed by atoms with Crippen LogP contribution in [0.5, 0.6) is 0 Å². The van der Waals surface area contributed by atoms with E-state index in [0.29, 0.717) is 31.9 Å². The second-order valence-electron chi connectivity index (χ2n) is 7.74. The monoisotopic (exact) mass is 451 g/mol. The zero-order valence-electron chi connectivity index (χ0n) is 17.7. The van der Waals surface area contributed by atoms with Gasteiger partial charge in [0.25, 0.3) is 0 Å². The van der Waals surface area contributed by atoms with Gasteiger partial charge >= 0.3 is 6.03 Å². The minimum atomic E-state index is -0.330. The summed E-state index contributed by atoms with van der Waals surface area (Å²) in [5.74, 6) is 0.564. The number of fused-ring (bicyclic) bond motifs is 1. The number of carbonyl (C=O) groups excluding carboxylic acids is 1. The van der Waals surface area contributed by atoms with Crippen LogP contribution in [0, 0.1) is 12.7 Å². The van der Waals surface area contributed by atoms with E-state index in [0.717, 1.165) is 32.2 Å². The topological polar surface area (TPSA) is 79.2 Å². The standard InChI is InChI=1S/C22H22FN7OS/c1-14-17(12-28(2)27-14)19-11-18-20(32-19)21(25-13-24-18)29-7-9-30(10-8-29)22(31)26-16-5-3-15(23)4-6-16/h3-6,11-13H,7-10H2,1-2H3,(H,26,31). The van der Waals surface area contributed by atoms with Gasteiger partial charge in [0.05, 0.1) is 15.9 Å². The molecule has 0 spiro atoms. The highest BCUT2D eigenvalue weighted by Crippen LogP contribution is 2.38. The second-order valence-corrected chi connectivity index (χ2v) is 8.79. The number of benzene rings is 1. The molecule has 1 N–H and O–H groups in total. The van der Waals surface area contributed by atoms with Crippen LogP contribution < -0.4 is 10.2 Å². The van der Waals surface area contributed by atoms with Gasteiger partial charge in [-0.15, -0.1) is 11.3 Å². The van der Waals surface area contributed by atoms with E-state index in [2.05, 4.69) is 31.3 Å². The number of hydrogen-bond donors (Lipinski definition) is 1. The number of amides is 2. The Hall–Kier alpha value is -3.53. The molecule has 2 amide bonds. The van der Waals surface area contributed by atoms with Crippen LogP contribution in [0.25, 0.3) is 20.7 Å². The predicted octanol–water partition coefficient (Wildman–Crippen LogP) is 3.89. The van der Waals surface area contributed by atoms with Gasteiger partial charge in [-0.3, -0.25) is 4.68 Å². The summed E-state index contributed by atoms with van der Waals surface area (Å²) in [6, 6.07) is 7.67. The largest absolute Gasteiger partial charge is 0.352 e. The number of piperazine rings is 1. The van der Waals surface area contributed by atoms with Crippen LogP contribution in [0.3, 0.4) is 0 Å². The highest BCUT2D eigenvalue weighted by atomic mass is 32.1. The number of aromatic nitrogens is 4. The van der Waals surface area contributed by atoms with Gasteiger partial charge in [0.15, 0.2) is 0 Å². The maximum Gasteiger partial charge on any atom is 0.321 e. The average molecular weight is 452 g/mol. The second kappa shape index (κ2) is 8.19. The molecule has 0 bridgehead atoms. The van der Waals surface area contributed by atoms with E-state index in [4.69, 9.17) is 0 Å². The first kappa shape index (κ1) is 20.4. The van der Waals surface area contributed by atoms with Crippen molar-refractivity contribution >= 4 is 39.1 Å². The number of carbonyl (C=O) groups is 1. The van der Waals surface area contributed by atoms with Crippen molar-refractivity contribution in [3.8, 4) is 10.4 Å². The molecule has 32 heavy (non-hydrogen) atoms. The summed E-state index contributed by atoms with van der Waals surface area (Å²) >= 11 is 1.66. The Labute approximate surface area is 188 Å². The lowest BCUT2D eigenvalue weighted by atomic mass is 10.2. The lowest BCUT2D eigenvalue weighted by Gasteiger charge is -2.35. The van der Waals surface area contributed by atoms with Crippen LogP contribution in [-0.2, 0) is 7.05 Å². The van der Waals surface area contributed by atoms with Gasteiger partial charge in [-0.1, -0.05) is 0 Å². The summed E-state index contributed by atoms with van der Waals surface area (Å²) < 4.78 is 15.9. The molecule has 0 unspecified atom stereocenters. The first-order valence-electron chi connectivity index (χ1n) is 10.3. The number of thiophene rings is 1. The lowest BCUT2D eigenvalue weighted by molar-refractivity contribution is 0.208. The van der Waals surface area contributed by atoms with E-state index in [1.165, 1.54) is 12.1 Å². The Kier molecular flexibility index (Phi) is 5.22. The van der Waals surface area contributed by atoms with E-state index < -0.39 is 0 Å². The molecule has 164 valence electrons. The summed E-state index contributed by atoms with van der Waals surface area (Å²) in [4.78, 5) is 26.7. The molecule has 1 fully saturated rings. The molecule has 0 saturated carbocycles.